The summed E-state index contributed by atoms with van der Waals surface area (Å²) in [5.74, 6) is -1.62. The molecule has 0 aromatic carbocycles. The van der Waals surface area contributed by atoms with Crippen LogP contribution in [0.3, 0.4) is 0 Å². The summed E-state index contributed by atoms with van der Waals surface area (Å²) >= 11 is 0. The van der Waals surface area contributed by atoms with Gasteiger partial charge in [-0.1, -0.05) is 12.2 Å². The predicted molar refractivity (Wildman–Crippen MR) is 86.6 cm³/mol. The average molecular weight is 358 g/mol. The Morgan fingerprint density at radius 1 is 1.31 bits per heavy atom. The Labute approximate surface area is 151 Å². The Balaban J connectivity index is 1.64. The number of fused-ring (bicyclic) bond motifs is 3. The molecule has 2 heterocycles. The van der Waals surface area contributed by atoms with Crippen LogP contribution in [0.5, 0.6) is 0 Å². The van der Waals surface area contributed by atoms with Gasteiger partial charge in [0.05, 0.1) is 13.0 Å². The van der Waals surface area contributed by atoms with Crippen molar-refractivity contribution in [1.82, 2.24) is 0 Å². The third-order valence-corrected chi connectivity index (χ3v) is 8.72. The number of ether oxygens (including phenoxy) is 3. The van der Waals surface area contributed by atoms with E-state index in [-0.39, 0.29) is 29.1 Å². The number of hydrogen-bond acceptors (Lipinski definition) is 6. The number of hydrogen-bond donors (Lipinski definition) is 0. The van der Waals surface area contributed by atoms with E-state index in [2.05, 4.69) is 6.58 Å². The standard InChI is InChI=1S/C20H22O6/c1-8-6-19-7-9(8)4-5-10(19)20-13(11(19)16(22)24-3)18(2,17(23)26-20)15-12(25-15)14(20)21/h9-13,15H,1,4-7H2,2-3H3/t9-,10-,11-,12+,13-,15+,18-,19+,20-/m1/s1. The lowest BCUT2D eigenvalue weighted by Gasteiger charge is -2.42. The molecule has 0 unspecified atom stereocenters. The van der Waals surface area contributed by atoms with Gasteiger partial charge in [0.15, 0.2) is 5.60 Å². The Kier molecular flexibility index (Phi) is 2.41. The molecule has 0 amide bonds. The topological polar surface area (TPSA) is 82.2 Å². The van der Waals surface area contributed by atoms with E-state index in [0.29, 0.717) is 5.92 Å². The first kappa shape index (κ1) is 15.4. The van der Waals surface area contributed by atoms with Crippen LogP contribution in [-0.4, -0.2) is 42.6 Å². The van der Waals surface area contributed by atoms with Crippen molar-refractivity contribution < 1.29 is 28.6 Å². The second kappa shape index (κ2) is 4.08. The van der Waals surface area contributed by atoms with Crippen molar-refractivity contribution in [3.63, 3.8) is 0 Å². The Morgan fingerprint density at radius 3 is 2.81 bits per heavy atom. The van der Waals surface area contributed by atoms with Gasteiger partial charge in [0.2, 0.25) is 5.78 Å². The first-order chi connectivity index (χ1) is 12.3. The Hall–Kier alpha value is -1.69. The zero-order valence-corrected chi connectivity index (χ0v) is 14.9. The average Bonchev–Trinajstić information content (AvgIpc) is 3.29. The van der Waals surface area contributed by atoms with Crippen LogP contribution in [0.1, 0.15) is 32.6 Å². The van der Waals surface area contributed by atoms with E-state index in [1.54, 1.807) is 0 Å². The smallest absolute Gasteiger partial charge is 0.316 e. The highest BCUT2D eigenvalue weighted by atomic mass is 16.6. The molecule has 6 fully saturated rings. The second-order valence-corrected chi connectivity index (χ2v) is 9.38. The molecule has 4 aliphatic carbocycles. The molecule has 4 bridgehead atoms. The van der Waals surface area contributed by atoms with Crippen LogP contribution in [0.2, 0.25) is 0 Å². The van der Waals surface area contributed by atoms with E-state index < -0.39 is 35.1 Å². The predicted octanol–water partition coefficient (Wildman–Crippen LogP) is 1.42. The van der Waals surface area contributed by atoms with Gasteiger partial charge in [-0.3, -0.25) is 14.4 Å². The van der Waals surface area contributed by atoms with E-state index in [1.807, 2.05) is 6.92 Å². The zero-order valence-electron chi connectivity index (χ0n) is 14.9. The van der Waals surface area contributed by atoms with Crippen LogP contribution in [0, 0.1) is 34.5 Å². The number of methoxy groups -OCH3 is 1. The van der Waals surface area contributed by atoms with Crippen molar-refractivity contribution in [3.8, 4) is 0 Å². The summed E-state index contributed by atoms with van der Waals surface area (Å²) < 4.78 is 16.8. The van der Waals surface area contributed by atoms with Crippen LogP contribution in [0.15, 0.2) is 12.2 Å². The molecule has 6 rings (SSSR count). The summed E-state index contributed by atoms with van der Waals surface area (Å²) in [5.41, 5.74) is -1.40. The lowest BCUT2D eigenvalue weighted by atomic mass is 9.60. The van der Waals surface area contributed by atoms with Crippen LogP contribution in [0.4, 0.5) is 0 Å². The quantitative estimate of drug-likeness (QED) is 0.401. The minimum absolute atomic E-state index is 0.123. The molecule has 1 spiro atoms. The number of esters is 2. The number of carbonyl (C=O) groups is 3. The van der Waals surface area contributed by atoms with E-state index in [4.69, 9.17) is 14.2 Å². The maximum Gasteiger partial charge on any atom is 0.316 e. The van der Waals surface area contributed by atoms with Gasteiger partial charge in [-0.15, -0.1) is 0 Å². The fourth-order valence-corrected chi connectivity index (χ4v) is 7.83. The molecule has 2 aliphatic heterocycles. The minimum atomic E-state index is -1.22. The number of carbonyl (C=O) groups excluding carboxylic acids is 3. The Morgan fingerprint density at radius 2 is 2.08 bits per heavy atom. The molecule has 0 aromatic rings. The van der Waals surface area contributed by atoms with Gasteiger partial charge < -0.3 is 14.2 Å². The van der Waals surface area contributed by atoms with Gasteiger partial charge in [-0.25, -0.2) is 0 Å². The molecule has 6 aliphatic rings. The highest BCUT2D eigenvalue weighted by molar-refractivity contribution is 6.05. The molecule has 6 heteroatoms. The largest absolute Gasteiger partial charge is 0.469 e. The van der Waals surface area contributed by atoms with E-state index in [1.165, 1.54) is 7.11 Å². The van der Waals surface area contributed by atoms with Crippen molar-refractivity contribution in [3.05, 3.63) is 12.2 Å². The molecule has 0 N–H and O–H groups in total. The maximum absolute atomic E-state index is 13.4. The summed E-state index contributed by atoms with van der Waals surface area (Å²) in [6.07, 6.45) is 2.25. The van der Waals surface area contributed by atoms with E-state index in [0.717, 1.165) is 31.3 Å². The number of Topliss-reactive ketones (excluding diaryl/α,β-unsaturated/α-hetero) is 1. The number of ketones is 1. The third-order valence-electron chi connectivity index (χ3n) is 8.72. The fourth-order valence-electron chi connectivity index (χ4n) is 7.83. The van der Waals surface area contributed by atoms with Gasteiger partial charge in [-0.05, 0) is 43.9 Å². The van der Waals surface area contributed by atoms with Crippen molar-refractivity contribution >= 4 is 17.7 Å². The molecule has 2 saturated heterocycles. The SMILES string of the molecule is C=C1C[C@]23C[C@H]1CC[C@H]2[C@@]12OC(=O)[C@](C)([C@H]1[C@@H]3C(=O)OC)[C@H]1O[C@H]1C2=O. The van der Waals surface area contributed by atoms with Crippen LogP contribution in [0.25, 0.3) is 0 Å². The van der Waals surface area contributed by atoms with Gasteiger partial charge in [0.1, 0.15) is 17.6 Å². The highest BCUT2D eigenvalue weighted by Gasteiger charge is 2.90. The van der Waals surface area contributed by atoms with Crippen LogP contribution in [-0.2, 0) is 28.6 Å². The first-order valence-electron chi connectivity index (χ1n) is 9.51. The van der Waals surface area contributed by atoms with Crippen molar-refractivity contribution in [2.45, 2.75) is 50.4 Å². The molecule has 6 nitrogen and oxygen atoms in total. The molecular weight excluding hydrogens is 336 g/mol. The van der Waals surface area contributed by atoms with E-state index >= 15 is 0 Å². The van der Waals surface area contributed by atoms with Crippen LogP contribution >= 0.6 is 0 Å². The lowest BCUT2D eigenvalue weighted by Crippen LogP contribution is -2.57. The number of epoxide rings is 1. The molecular formula is C20H22O6. The molecule has 0 radical (unpaired) electrons. The molecule has 4 saturated carbocycles. The van der Waals surface area contributed by atoms with Gasteiger partial charge in [-0.2, -0.15) is 0 Å². The molecule has 26 heavy (non-hydrogen) atoms. The number of rotatable bonds is 1. The minimum Gasteiger partial charge on any atom is -0.469 e. The van der Waals surface area contributed by atoms with Gasteiger partial charge >= 0.3 is 11.9 Å². The molecule has 138 valence electrons. The van der Waals surface area contributed by atoms with Crippen molar-refractivity contribution in [2.24, 2.45) is 34.5 Å². The zero-order chi connectivity index (χ0) is 18.2. The first-order valence-corrected chi connectivity index (χ1v) is 9.51. The van der Waals surface area contributed by atoms with Crippen molar-refractivity contribution in [2.75, 3.05) is 7.11 Å². The molecule has 0 aromatic heterocycles. The fraction of sp³-hybridized carbons (Fsp3) is 0.750. The van der Waals surface area contributed by atoms with Crippen molar-refractivity contribution in [1.29, 1.82) is 0 Å². The summed E-state index contributed by atoms with van der Waals surface area (Å²) in [6.45, 7) is 6.08. The second-order valence-electron chi connectivity index (χ2n) is 9.38. The summed E-state index contributed by atoms with van der Waals surface area (Å²) in [4.78, 5) is 39.4. The molecule has 9 atom stereocenters. The lowest BCUT2D eigenvalue weighted by molar-refractivity contribution is -0.169. The number of allylic oxidation sites excluding steroid dienone is 1. The monoisotopic (exact) mass is 358 g/mol. The highest BCUT2D eigenvalue weighted by Crippen LogP contribution is 2.79. The normalized spacial score (nSPS) is 58.0. The van der Waals surface area contributed by atoms with Crippen LogP contribution < -0.4 is 0 Å². The third kappa shape index (κ3) is 1.24. The summed E-state index contributed by atoms with van der Waals surface area (Å²) in [6, 6.07) is 0. The maximum atomic E-state index is 13.4. The van der Waals surface area contributed by atoms with E-state index in [9.17, 15) is 14.4 Å². The van der Waals surface area contributed by atoms with Gasteiger partial charge in [0, 0.05) is 11.8 Å². The summed E-state index contributed by atoms with van der Waals surface area (Å²) in [5, 5.41) is 0. The summed E-state index contributed by atoms with van der Waals surface area (Å²) in [7, 11) is 1.39. The Bertz CT molecular complexity index is 817. The van der Waals surface area contributed by atoms with Gasteiger partial charge in [0.25, 0.3) is 0 Å².